The highest BCUT2D eigenvalue weighted by atomic mass is 19.1. The van der Waals surface area contributed by atoms with Gasteiger partial charge in [-0.1, -0.05) is 6.07 Å². The molecule has 1 aliphatic carbocycles. The van der Waals surface area contributed by atoms with E-state index in [2.05, 4.69) is 42.7 Å². The average Bonchev–Trinajstić information content (AvgIpc) is 3.78. The topological polar surface area (TPSA) is 85.6 Å². The van der Waals surface area contributed by atoms with Gasteiger partial charge in [0.05, 0.1) is 11.4 Å². The molecule has 4 aromatic rings. The highest BCUT2D eigenvalue weighted by Gasteiger charge is 2.31. The number of benzene rings is 1. The van der Waals surface area contributed by atoms with Gasteiger partial charge in [-0.15, -0.1) is 0 Å². The number of pyridine rings is 1. The molecule has 0 radical (unpaired) electrons. The van der Waals surface area contributed by atoms with Crippen LogP contribution in [0.2, 0.25) is 0 Å². The molecule has 10 heteroatoms. The third-order valence-corrected chi connectivity index (χ3v) is 9.22. The Labute approximate surface area is 252 Å². The summed E-state index contributed by atoms with van der Waals surface area (Å²) in [6, 6.07) is 13.7. The number of nitrogens with one attached hydrogen (secondary N) is 1. The summed E-state index contributed by atoms with van der Waals surface area (Å²) < 4.78 is 17.5. The lowest BCUT2D eigenvalue weighted by Crippen LogP contribution is -2.52. The molecule has 3 fully saturated rings. The summed E-state index contributed by atoms with van der Waals surface area (Å²) in [7, 11) is 2.19. The molecule has 2 N–H and O–H groups in total. The Morgan fingerprint density at radius 2 is 1.70 bits per heavy atom. The molecule has 7 rings (SSSR count). The number of rotatable bonds is 7. The first-order chi connectivity index (χ1) is 20.7. The highest BCUT2D eigenvalue weighted by Crippen LogP contribution is 2.43. The zero-order chi connectivity index (χ0) is 29.7. The summed E-state index contributed by atoms with van der Waals surface area (Å²) in [5.41, 5.74) is 2.68. The van der Waals surface area contributed by atoms with Gasteiger partial charge >= 0.3 is 0 Å². The molecule has 226 valence electrons. The lowest BCUT2D eigenvalue weighted by molar-refractivity contribution is 0.0738. The molecule has 0 spiro atoms. The molecule has 2 aliphatic heterocycles. The van der Waals surface area contributed by atoms with Crippen molar-refractivity contribution >= 4 is 28.4 Å². The first-order valence-corrected chi connectivity index (χ1v) is 15.6. The minimum absolute atomic E-state index is 0.240. The van der Waals surface area contributed by atoms with E-state index in [1.165, 1.54) is 0 Å². The van der Waals surface area contributed by atoms with Crippen LogP contribution in [0, 0.1) is 5.82 Å². The third kappa shape index (κ3) is 5.83. The Morgan fingerprint density at radius 1 is 0.930 bits per heavy atom. The zero-order valence-electron chi connectivity index (χ0n) is 25.3. The molecule has 0 amide bonds. The van der Waals surface area contributed by atoms with Crippen molar-refractivity contribution in [2.75, 3.05) is 56.5 Å². The lowest BCUT2D eigenvalue weighted by Gasteiger charge is -2.42. The van der Waals surface area contributed by atoms with Crippen molar-refractivity contribution in [1.82, 2.24) is 29.3 Å². The van der Waals surface area contributed by atoms with Gasteiger partial charge in [-0.05, 0) is 88.9 Å². The van der Waals surface area contributed by atoms with Crippen molar-refractivity contribution in [2.45, 2.75) is 57.1 Å². The van der Waals surface area contributed by atoms with Crippen molar-refractivity contribution < 1.29 is 9.50 Å². The molecule has 1 aromatic carbocycles. The summed E-state index contributed by atoms with van der Waals surface area (Å²) in [5.74, 6) is 1.32. The van der Waals surface area contributed by atoms with Crippen LogP contribution in [-0.4, -0.2) is 86.8 Å². The van der Waals surface area contributed by atoms with Crippen molar-refractivity contribution in [3.8, 4) is 5.82 Å². The fourth-order valence-electron chi connectivity index (χ4n) is 6.51. The van der Waals surface area contributed by atoms with Crippen LogP contribution in [0.4, 0.5) is 21.7 Å². The average molecular weight is 585 g/mol. The number of nitrogens with zero attached hydrogens (tertiary/aromatic N) is 7. The molecule has 0 unspecified atom stereocenters. The van der Waals surface area contributed by atoms with Crippen LogP contribution in [0.3, 0.4) is 0 Å². The summed E-state index contributed by atoms with van der Waals surface area (Å²) in [5, 5.41) is 14.7. The summed E-state index contributed by atoms with van der Waals surface area (Å²) in [6.45, 7) is 9.70. The normalized spacial score (nSPS) is 19.3. The first kappa shape index (κ1) is 28.2. The minimum Gasteiger partial charge on any atom is -0.384 e. The van der Waals surface area contributed by atoms with Gasteiger partial charge in [-0.2, -0.15) is 4.98 Å². The number of hydrogen-bond acceptors (Lipinski definition) is 8. The SMILES string of the molecule is CN1CCN(C2CCN(c3ccc(Nc4ncc5cc(C6CC6)n(-c6cccc(C(C)(C)O)n6)c5n4)cc3F)CC2)CC1. The molecule has 0 atom stereocenters. The number of halogens is 1. The first-order valence-electron chi connectivity index (χ1n) is 15.6. The summed E-state index contributed by atoms with van der Waals surface area (Å²) in [6.07, 6.45) is 6.18. The maximum Gasteiger partial charge on any atom is 0.229 e. The lowest BCUT2D eigenvalue weighted by atomic mass is 10.0. The zero-order valence-corrected chi connectivity index (χ0v) is 25.3. The standard InChI is InChI=1S/C33H41FN8O/c1-33(2,43)29-5-4-6-30(37-29)42-28(22-7-8-22)19-23-21-35-32(38-31(23)42)36-24-9-10-27(26(34)20-24)41-13-11-25(12-14-41)40-17-15-39(3)16-18-40/h4-6,9-10,19-22,25,43H,7-8,11-18H2,1-3H3,(H,35,36,38). The van der Waals surface area contributed by atoms with Gasteiger partial charge in [-0.3, -0.25) is 9.47 Å². The van der Waals surface area contributed by atoms with Crippen LogP contribution in [0.25, 0.3) is 16.9 Å². The smallest absolute Gasteiger partial charge is 0.229 e. The summed E-state index contributed by atoms with van der Waals surface area (Å²) >= 11 is 0. The number of piperidine rings is 1. The van der Waals surface area contributed by atoms with Crippen LogP contribution >= 0.6 is 0 Å². The monoisotopic (exact) mass is 584 g/mol. The van der Waals surface area contributed by atoms with Gasteiger partial charge < -0.3 is 20.2 Å². The van der Waals surface area contributed by atoms with E-state index in [9.17, 15) is 5.11 Å². The predicted octanol–water partition coefficient (Wildman–Crippen LogP) is 5.02. The number of hydrogen-bond donors (Lipinski definition) is 2. The maximum absolute atomic E-state index is 15.4. The van der Waals surface area contributed by atoms with Crippen molar-refractivity contribution in [2.24, 2.45) is 0 Å². The Bertz CT molecular complexity index is 1610. The van der Waals surface area contributed by atoms with Gasteiger partial charge in [-0.25, -0.2) is 14.4 Å². The van der Waals surface area contributed by atoms with E-state index in [1.807, 2.05) is 36.5 Å². The van der Waals surface area contributed by atoms with E-state index in [4.69, 9.17) is 9.97 Å². The van der Waals surface area contributed by atoms with Crippen molar-refractivity contribution in [3.63, 3.8) is 0 Å². The largest absolute Gasteiger partial charge is 0.384 e. The van der Waals surface area contributed by atoms with Gasteiger partial charge in [0.1, 0.15) is 17.2 Å². The summed E-state index contributed by atoms with van der Waals surface area (Å²) in [4.78, 5) is 21.4. The fourth-order valence-corrected chi connectivity index (χ4v) is 6.51. The second kappa shape index (κ2) is 11.2. The molecular formula is C33H41FN8O. The Morgan fingerprint density at radius 3 is 2.40 bits per heavy atom. The van der Waals surface area contributed by atoms with E-state index < -0.39 is 5.60 Å². The van der Waals surface area contributed by atoms with Crippen LogP contribution in [0.15, 0.2) is 48.7 Å². The number of fused-ring (bicyclic) bond motifs is 1. The molecule has 9 nitrogen and oxygen atoms in total. The minimum atomic E-state index is -1.06. The number of aliphatic hydroxyl groups is 1. The molecule has 3 aromatic heterocycles. The molecule has 43 heavy (non-hydrogen) atoms. The molecule has 1 saturated carbocycles. The van der Waals surface area contributed by atoms with Crippen LogP contribution in [0.5, 0.6) is 0 Å². The van der Waals surface area contributed by atoms with E-state index in [-0.39, 0.29) is 5.82 Å². The number of anilines is 3. The second-order valence-electron chi connectivity index (χ2n) is 12.9. The molecule has 0 bridgehead atoms. The van der Waals surface area contributed by atoms with Crippen LogP contribution in [0.1, 0.15) is 56.8 Å². The molecular weight excluding hydrogens is 543 g/mol. The van der Waals surface area contributed by atoms with E-state index in [0.29, 0.717) is 40.8 Å². The van der Waals surface area contributed by atoms with Crippen molar-refractivity contribution in [3.05, 3.63) is 65.9 Å². The van der Waals surface area contributed by atoms with Crippen LogP contribution in [-0.2, 0) is 5.60 Å². The molecule has 5 heterocycles. The maximum atomic E-state index is 15.4. The highest BCUT2D eigenvalue weighted by molar-refractivity contribution is 5.80. The molecule has 2 saturated heterocycles. The third-order valence-electron chi connectivity index (χ3n) is 9.22. The predicted molar refractivity (Wildman–Crippen MR) is 168 cm³/mol. The van der Waals surface area contributed by atoms with E-state index in [0.717, 1.165) is 81.7 Å². The fraction of sp³-hybridized carbons (Fsp3) is 0.485. The second-order valence-corrected chi connectivity index (χ2v) is 12.9. The number of aromatic nitrogens is 4. The van der Waals surface area contributed by atoms with Crippen LogP contribution < -0.4 is 10.2 Å². The quantitative estimate of drug-likeness (QED) is 0.313. The van der Waals surface area contributed by atoms with Gasteiger partial charge in [0.25, 0.3) is 0 Å². The van der Waals surface area contributed by atoms with Crippen molar-refractivity contribution in [1.29, 1.82) is 0 Å². The Hall–Kier alpha value is -3.60. The number of likely N-dealkylation sites (N-methyl/N-ethyl adjacent to an activating group) is 1. The van der Waals surface area contributed by atoms with E-state index >= 15 is 4.39 Å². The Balaban J connectivity index is 1.10. The number of piperazine rings is 1. The Kier molecular flexibility index (Phi) is 7.31. The van der Waals surface area contributed by atoms with Gasteiger partial charge in [0.2, 0.25) is 5.95 Å². The van der Waals surface area contributed by atoms with Gasteiger partial charge in [0, 0.05) is 68.3 Å². The van der Waals surface area contributed by atoms with E-state index in [1.54, 1.807) is 19.9 Å². The molecule has 3 aliphatic rings. The van der Waals surface area contributed by atoms with Gasteiger partial charge in [0.15, 0.2) is 5.65 Å².